The molecule has 7 nitrogen and oxygen atoms in total. The number of carbonyl (C=O) groups excluding carboxylic acids is 2. The molecule has 1 fully saturated rings. The predicted octanol–water partition coefficient (Wildman–Crippen LogP) is 3.13. The lowest BCUT2D eigenvalue weighted by Gasteiger charge is -2.29. The van der Waals surface area contributed by atoms with Gasteiger partial charge in [0.15, 0.2) is 5.83 Å². The zero-order chi connectivity index (χ0) is 23.4. The van der Waals surface area contributed by atoms with Gasteiger partial charge >= 0.3 is 5.97 Å². The van der Waals surface area contributed by atoms with Crippen LogP contribution in [0.1, 0.15) is 55.5 Å². The van der Waals surface area contributed by atoms with Crippen LogP contribution in [0.3, 0.4) is 0 Å². The lowest BCUT2D eigenvalue weighted by atomic mass is 9.98. The second kappa shape index (κ2) is 10.3. The third kappa shape index (κ3) is 5.37. The summed E-state index contributed by atoms with van der Waals surface area (Å²) in [5.74, 6) is -4.13. The van der Waals surface area contributed by atoms with E-state index < -0.39 is 41.8 Å². The number of cyclic esters (lactones) is 1. The molecule has 1 aromatic carbocycles. The van der Waals surface area contributed by atoms with E-state index in [1.807, 2.05) is 0 Å². The number of aliphatic hydroxyl groups excluding tert-OH is 2. The molecule has 2 aliphatic rings. The van der Waals surface area contributed by atoms with Crippen LogP contribution in [0.2, 0.25) is 0 Å². The molecule has 174 valence electrons. The van der Waals surface area contributed by atoms with Gasteiger partial charge in [-0.1, -0.05) is 19.1 Å². The molecule has 0 aromatic heterocycles. The van der Waals surface area contributed by atoms with Crippen molar-refractivity contribution >= 4 is 23.5 Å². The van der Waals surface area contributed by atoms with Crippen molar-refractivity contribution < 1.29 is 34.0 Å². The number of ketones is 1. The lowest BCUT2D eigenvalue weighted by molar-refractivity contribution is -0.130. The number of phenols is 1. The number of carbonyl (C=O) groups is 2. The van der Waals surface area contributed by atoms with Gasteiger partial charge < -0.3 is 25.0 Å². The fraction of sp³-hybridized carbons (Fsp3) is 0.500. The molecule has 4 unspecified atom stereocenters. The van der Waals surface area contributed by atoms with Crippen molar-refractivity contribution in [2.24, 2.45) is 5.92 Å². The summed E-state index contributed by atoms with van der Waals surface area (Å²) in [6.07, 6.45) is 2.74. The number of esters is 1. The van der Waals surface area contributed by atoms with Crippen LogP contribution < -0.4 is 4.90 Å². The van der Waals surface area contributed by atoms with Crippen LogP contribution in [-0.2, 0) is 9.53 Å². The molecule has 0 spiro atoms. The summed E-state index contributed by atoms with van der Waals surface area (Å²) in [6.45, 7) is 4.78. The first-order valence-corrected chi connectivity index (χ1v) is 11.0. The normalized spacial score (nSPS) is 30.5. The summed E-state index contributed by atoms with van der Waals surface area (Å²) in [5.41, 5.74) is 1.12. The van der Waals surface area contributed by atoms with E-state index in [9.17, 15) is 29.3 Å². The Bertz CT molecular complexity index is 921. The van der Waals surface area contributed by atoms with Gasteiger partial charge in [0.25, 0.3) is 0 Å². The number of benzene rings is 1. The third-order valence-corrected chi connectivity index (χ3v) is 6.04. The summed E-state index contributed by atoms with van der Waals surface area (Å²) >= 11 is 0. The number of aliphatic hydroxyl groups is 2. The zero-order valence-corrected chi connectivity index (χ0v) is 18.3. The van der Waals surface area contributed by atoms with Gasteiger partial charge in [0.2, 0.25) is 5.78 Å². The first-order valence-electron chi connectivity index (χ1n) is 11.0. The Morgan fingerprint density at radius 3 is 2.47 bits per heavy atom. The Hall–Kier alpha value is -2.71. The fourth-order valence-electron chi connectivity index (χ4n) is 3.88. The summed E-state index contributed by atoms with van der Waals surface area (Å²) in [6, 6.07) is 3.30. The fourth-order valence-corrected chi connectivity index (χ4v) is 3.88. The molecule has 8 heteroatoms. The van der Waals surface area contributed by atoms with Gasteiger partial charge in [0.1, 0.15) is 23.5 Å². The number of halogens is 1. The van der Waals surface area contributed by atoms with Crippen molar-refractivity contribution in [3.63, 3.8) is 0 Å². The van der Waals surface area contributed by atoms with Gasteiger partial charge in [-0.05, 0) is 50.3 Å². The van der Waals surface area contributed by atoms with Gasteiger partial charge in [-0.2, -0.15) is 0 Å². The van der Waals surface area contributed by atoms with Crippen LogP contribution in [0.4, 0.5) is 10.1 Å². The monoisotopic (exact) mass is 447 g/mol. The molecule has 1 saturated heterocycles. The lowest BCUT2D eigenvalue weighted by Crippen LogP contribution is -2.34. The van der Waals surface area contributed by atoms with Crippen molar-refractivity contribution in [3.8, 4) is 5.75 Å². The maximum Gasteiger partial charge on any atom is 0.342 e. The highest BCUT2D eigenvalue weighted by Crippen LogP contribution is 2.33. The molecule has 0 bridgehead atoms. The van der Waals surface area contributed by atoms with Crippen LogP contribution in [-0.4, -0.2) is 58.5 Å². The molecular formula is C24H30FNO6. The number of nitrogens with zero attached hydrogens (tertiary/aromatic N) is 1. The molecule has 1 aromatic rings. The number of rotatable bonds is 1. The quantitative estimate of drug-likeness (QED) is 0.568. The maximum absolute atomic E-state index is 14.3. The Kier molecular flexibility index (Phi) is 7.69. The number of fused-ring (bicyclic) bond motifs is 1. The third-order valence-electron chi connectivity index (χ3n) is 6.04. The molecular weight excluding hydrogens is 417 g/mol. The highest BCUT2D eigenvalue weighted by Gasteiger charge is 2.29. The minimum absolute atomic E-state index is 0.0336. The first kappa shape index (κ1) is 23.9. The Balaban J connectivity index is 2.03. The molecule has 0 aliphatic carbocycles. The van der Waals surface area contributed by atoms with Crippen LogP contribution in [0.15, 0.2) is 30.1 Å². The van der Waals surface area contributed by atoms with E-state index in [2.05, 4.69) is 4.90 Å². The van der Waals surface area contributed by atoms with Crippen LogP contribution >= 0.6 is 0 Å². The number of piperidine rings is 1. The number of anilines is 1. The first-order chi connectivity index (χ1) is 15.2. The van der Waals surface area contributed by atoms with E-state index >= 15 is 0 Å². The minimum Gasteiger partial charge on any atom is -0.507 e. The summed E-state index contributed by atoms with van der Waals surface area (Å²) in [7, 11) is 0. The Morgan fingerprint density at radius 2 is 1.78 bits per heavy atom. The standard InChI is InChI=1S/C24H30FNO6/c1-14-11-18(25)22(29)23(30)19(27)8-6-7-16-12-17(26-9-4-3-5-10-26)13-20(28)21(16)24(31)32-15(14)2/h6-7,11-15,19,23,27-28,30H,3-5,8-10H2,1-2H3/b7-6+,18-11+. The van der Waals surface area contributed by atoms with Crippen molar-refractivity contribution in [1.82, 2.24) is 0 Å². The molecule has 0 amide bonds. The molecule has 3 rings (SSSR count). The highest BCUT2D eigenvalue weighted by atomic mass is 19.1. The summed E-state index contributed by atoms with van der Waals surface area (Å²) in [4.78, 5) is 27.1. The maximum atomic E-state index is 14.3. The largest absolute Gasteiger partial charge is 0.507 e. The van der Waals surface area contributed by atoms with Crippen molar-refractivity contribution in [3.05, 3.63) is 41.2 Å². The van der Waals surface area contributed by atoms with Gasteiger partial charge in [0, 0.05) is 30.8 Å². The van der Waals surface area contributed by atoms with Crippen LogP contribution in [0, 0.1) is 5.92 Å². The van der Waals surface area contributed by atoms with Gasteiger partial charge in [-0.3, -0.25) is 4.79 Å². The second-order valence-electron chi connectivity index (χ2n) is 8.48. The van der Waals surface area contributed by atoms with E-state index in [-0.39, 0.29) is 17.7 Å². The molecule has 4 atom stereocenters. The van der Waals surface area contributed by atoms with E-state index in [0.29, 0.717) is 5.56 Å². The second-order valence-corrected chi connectivity index (χ2v) is 8.48. The molecule has 3 N–H and O–H groups in total. The average molecular weight is 448 g/mol. The average Bonchev–Trinajstić information content (AvgIpc) is 2.77. The Morgan fingerprint density at radius 1 is 1.09 bits per heavy atom. The summed E-state index contributed by atoms with van der Waals surface area (Å²) in [5, 5.41) is 30.9. The topological polar surface area (TPSA) is 107 Å². The SMILES string of the molecule is CC1/C=C(/F)C(=O)C(O)C(O)C/C=C/c2cc(N3CCCCC3)cc(O)c2C(=O)OC1C. The molecule has 2 heterocycles. The number of aromatic hydroxyl groups is 1. The van der Waals surface area contributed by atoms with Crippen molar-refractivity contribution in [2.75, 3.05) is 18.0 Å². The summed E-state index contributed by atoms with van der Waals surface area (Å²) < 4.78 is 19.7. The number of ether oxygens (including phenoxy) is 1. The smallest absolute Gasteiger partial charge is 0.342 e. The van der Waals surface area contributed by atoms with E-state index in [0.717, 1.165) is 44.1 Å². The molecule has 0 radical (unpaired) electrons. The van der Waals surface area contributed by atoms with Gasteiger partial charge in [-0.15, -0.1) is 0 Å². The van der Waals surface area contributed by atoms with E-state index in [1.165, 1.54) is 18.2 Å². The molecule has 32 heavy (non-hydrogen) atoms. The minimum atomic E-state index is -1.92. The number of hydrogen-bond acceptors (Lipinski definition) is 7. The van der Waals surface area contributed by atoms with Gasteiger partial charge in [-0.25, -0.2) is 9.18 Å². The Labute approximate surface area is 186 Å². The highest BCUT2D eigenvalue weighted by molar-refractivity contribution is 5.98. The predicted molar refractivity (Wildman–Crippen MR) is 118 cm³/mol. The van der Waals surface area contributed by atoms with E-state index in [4.69, 9.17) is 4.74 Å². The van der Waals surface area contributed by atoms with Crippen molar-refractivity contribution in [2.45, 2.75) is 57.8 Å². The number of hydrogen-bond donors (Lipinski definition) is 3. The van der Waals surface area contributed by atoms with Crippen LogP contribution in [0.25, 0.3) is 6.08 Å². The zero-order valence-electron chi connectivity index (χ0n) is 18.3. The number of phenolic OH excluding ortho intramolecular Hbond substituents is 1. The van der Waals surface area contributed by atoms with E-state index in [1.54, 1.807) is 19.9 Å². The van der Waals surface area contributed by atoms with Crippen LogP contribution in [0.5, 0.6) is 5.75 Å². The van der Waals surface area contributed by atoms with Crippen molar-refractivity contribution in [1.29, 1.82) is 0 Å². The number of Topliss-reactive ketones (excluding diaryl/α,β-unsaturated/α-hetero) is 1. The van der Waals surface area contributed by atoms with Gasteiger partial charge in [0.05, 0.1) is 6.10 Å². The molecule has 0 saturated carbocycles. The molecule has 2 aliphatic heterocycles.